The van der Waals surface area contributed by atoms with Gasteiger partial charge in [-0.1, -0.05) is 32.0 Å². The van der Waals surface area contributed by atoms with E-state index in [2.05, 4.69) is 18.9 Å². The molecule has 2 fully saturated rings. The van der Waals surface area contributed by atoms with Crippen LogP contribution in [-0.2, 0) is 6.54 Å². The first-order chi connectivity index (χ1) is 12.1. The average molecular weight is 341 g/mol. The molecule has 0 unspecified atom stereocenters. The summed E-state index contributed by atoms with van der Waals surface area (Å²) in [7, 11) is 0. The van der Waals surface area contributed by atoms with Crippen molar-refractivity contribution in [3.05, 3.63) is 53.1 Å². The second-order valence-electron chi connectivity index (χ2n) is 7.62. The molecule has 1 aromatic heterocycles. The molecular weight excluding hydrogens is 317 g/mol. The van der Waals surface area contributed by atoms with Crippen LogP contribution in [0.4, 0.5) is 4.39 Å². The van der Waals surface area contributed by atoms with Crippen LogP contribution in [0.25, 0.3) is 0 Å². The lowest BCUT2D eigenvalue weighted by Gasteiger charge is -2.41. The summed E-state index contributed by atoms with van der Waals surface area (Å²) in [6.45, 7) is 5.82. The number of amides is 1. The largest absolute Gasteiger partial charge is 0.331 e. The Bertz CT molecular complexity index is 794. The van der Waals surface area contributed by atoms with Crippen LogP contribution in [-0.4, -0.2) is 27.1 Å². The molecule has 1 saturated heterocycles. The highest BCUT2D eigenvalue weighted by Crippen LogP contribution is 2.43. The van der Waals surface area contributed by atoms with Gasteiger partial charge in [-0.05, 0) is 31.2 Å². The van der Waals surface area contributed by atoms with Crippen molar-refractivity contribution in [1.82, 2.24) is 14.7 Å². The number of rotatable bonds is 5. The molecule has 132 valence electrons. The predicted octanol–water partition coefficient (Wildman–Crippen LogP) is 4.14. The van der Waals surface area contributed by atoms with E-state index in [1.165, 1.54) is 6.07 Å². The van der Waals surface area contributed by atoms with Crippen LogP contribution < -0.4 is 0 Å². The number of nitrogens with zero attached hydrogens (tertiary/aromatic N) is 3. The van der Waals surface area contributed by atoms with Gasteiger partial charge in [0.05, 0.1) is 23.5 Å². The van der Waals surface area contributed by atoms with Crippen molar-refractivity contribution in [2.45, 2.75) is 51.6 Å². The zero-order valence-electron chi connectivity index (χ0n) is 14.8. The van der Waals surface area contributed by atoms with Gasteiger partial charge >= 0.3 is 0 Å². The van der Waals surface area contributed by atoms with E-state index in [1.54, 1.807) is 23.2 Å². The van der Waals surface area contributed by atoms with Gasteiger partial charge < -0.3 is 4.90 Å². The Kier molecular flexibility index (Phi) is 4.10. The summed E-state index contributed by atoms with van der Waals surface area (Å²) in [5.41, 5.74) is 2.41. The molecule has 5 heteroatoms. The van der Waals surface area contributed by atoms with Crippen molar-refractivity contribution in [2.24, 2.45) is 5.92 Å². The highest BCUT2D eigenvalue weighted by molar-refractivity contribution is 5.96. The smallest absolute Gasteiger partial charge is 0.257 e. The minimum absolute atomic E-state index is 0.00332. The van der Waals surface area contributed by atoms with Crippen LogP contribution in [0.5, 0.6) is 0 Å². The molecule has 2 aliphatic rings. The fourth-order valence-corrected chi connectivity index (χ4v) is 3.69. The summed E-state index contributed by atoms with van der Waals surface area (Å²) >= 11 is 0. The molecule has 0 spiro atoms. The number of halogens is 1. The van der Waals surface area contributed by atoms with Crippen LogP contribution in [0.1, 0.15) is 66.7 Å². The zero-order chi connectivity index (χ0) is 17.6. The summed E-state index contributed by atoms with van der Waals surface area (Å²) in [6, 6.07) is 6.60. The molecule has 25 heavy (non-hydrogen) atoms. The van der Waals surface area contributed by atoms with Crippen LogP contribution in [0, 0.1) is 11.7 Å². The Morgan fingerprint density at radius 2 is 2.04 bits per heavy atom. The van der Waals surface area contributed by atoms with Gasteiger partial charge in [0, 0.05) is 24.6 Å². The molecule has 2 aromatic rings. The van der Waals surface area contributed by atoms with Gasteiger partial charge in [-0.3, -0.25) is 9.48 Å². The zero-order valence-corrected chi connectivity index (χ0v) is 14.8. The topological polar surface area (TPSA) is 38.1 Å². The molecule has 2 heterocycles. The number of carbonyl (C=O) groups is 1. The predicted molar refractivity (Wildman–Crippen MR) is 93.8 cm³/mol. The summed E-state index contributed by atoms with van der Waals surface area (Å²) in [4.78, 5) is 14.9. The number of likely N-dealkylation sites (tertiary alicyclic amines) is 1. The maximum Gasteiger partial charge on any atom is 0.257 e. The van der Waals surface area contributed by atoms with Crippen LogP contribution >= 0.6 is 0 Å². The lowest BCUT2D eigenvalue weighted by Crippen LogP contribution is -2.45. The van der Waals surface area contributed by atoms with Gasteiger partial charge in [-0.15, -0.1) is 0 Å². The van der Waals surface area contributed by atoms with E-state index in [0.29, 0.717) is 29.5 Å². The van der Waals surface area contributed by atoms with Crippen molar-refractivity contribution in [3.63, 3.8) is 0 Å². The Balaban J connectivity index is 1.61. The van der Waals surface area contributed by atoms with Crippen molar-refractivity contribution in [1.29, 1.82) is 0 Å². The maximum absolute atomic E-state index is 14.1. The Morgan fingerprint density at radius 1 is 1.28 bits per heavy atom. The number of hydrogen-bond donors (Lipinski definition) is 0. The molecule has 0 N–H and O–H groups in total. The van der Waals surface area contributed by atoms with Crippen LogP contribution in [0.3, 0.4) is 0 Å². The maximum atomic E-state index is 14.1. The molecule has 1 atom stereocenters. The third-order valence-corrected chi connectivity index (χ3v) is 5.16. The quantitative estimate of drug-likeness (QED) is 0.820. The first kappa shape index (κ1) is 16.3. The fourth-order valence-electron chi connectivity index (χ4n) is 3.69. The number of hydrogen-bond acceptors (Lipinski definition) is 2. The fraction of sp³-hybridized carbons (Fsp3) is 0.500. The van der Waals surface area contributed by atoms with E-state index < -0.39 is 0 Å². The van der Waals surface area contributed by atoms with Crippen molar-refractivity contribution >= 4 is 5.91 Å². The number of carbonyl (C=O) groups excluding carboxylic acids is 1. The van der Waals surface area contributed by atoms with E-state index in [1.807, 2.05) is 10.7 Å². The Labute approximate surface area is 147 Å². The van der Waals surface area contributed by atoms with Crippen LogP contribution in [0.2, 0.25) is 0 Å². The second-order valence-corrected chi connectivity index (χ2v) is 7.62. The third-order valence-electron chi connectivity index (χ3n) is 5.16. The molecular formula is C20H24FN3O. The standard InChI is InChI=1S/C20H24FN3O/c1-13(2)12-24-19(14-7-8-14)16(11-22-24)20(25)23-10-9-18(23)15-5-3-4-6-17(15)21/h3-6,11,13-14,18H,7-10,12H2,1-2H3/t18-/m1/s1. The summed E-state index contributed by atoms with van der Waals surface area (Å²) < 4.78 is 16.1. The molecule has 0 bridgehead atoms. The van der Waals surface area contributed by atoms with E-state index in [-0.39, 0.29) is 17.8 Å². The van der Waals surface area contributed by atoms with Gasteiger partial charge in [0.2, 0.25) is 0 Å². The van der Waals surface area contributed by atoms with Crippen molar-refractivity contribution in [2.75, 3.05) is 6.54 Å². The lowest BCUT2D eigenvalue weighted by molar-refractivity contribution is 0.0451. The monoisotopic (exact) mass is 341 g/mol. The Morgan fingerprint density at radius 3 is 2.64 bits per heavy atom. The molecule has 0 radical (unpaired) electrons. The van der Waals surface area contributed by atoms with E-state index in [9.17, 15) is 9.18 Å². The van der Waals surface area contributed by atoms with Crippen molar-refractivity contribution < 1.29 is 9.18 Å². The molecule has 4 rings (SSSR count). The van der Waals surface area contributed by atoms with Gasteiger partial charge in [-0.2, -0.15) is 5.10 Å². The van der Waals surface area contributed by atoms with E-state index in [4.69, 9.17) is 0 Å². The average Bonchev–Trinajstić information content (AvgIpc) is 3.29. The molecule has 4 nitrogen and oxygen atoms in total. The normalized spacial score (nSPS) is 20.0. The highest BCUT2D eigenvalue weighted by Gasteiger charge is 2.39. The number of aromatic nitrogens is 2. The Hall–Kier alpha value is -2.17. The van der Waals surface area contributed by atoms with Crippen LogP contribution in [0.15, 0.2) is 30.5 Å². The molecule has 1 saturated carbocycles. The molecule has 1 amide bonds. The minimum Gasteiger partial charge on any atom is -0.331 e. The third kappa shape index (κ3) is 2.96. The summed E-state index contributed by atoms with van der Waals surface area (Å²) in [5, 5.41) is 4.49. The van der Waals surface area contributed by atoms with E-state index in [0.717, 1.165) is 31.5 Å². The van der Waals surface area contributed by atoms with Gasteiger partial charge in [0.1, 0.15) is 5.82 Å². The second kappa shape index (κ2) is 6.28. The van der Waals surface area contributed by atoms with Gasteiger partial charge in [0.15, 0.2) is 0 Å². The summed E-state index contributed by atoms with van der Waals surface area (Å²) in [5.74, 6) is 0.697. The highest BCUT2D eigenvalue weighted by atomic mass is 19.1. The van der Waals surface area contributed by atoms with E-state index >= 15 is 0 Å². The minimum atomic E-state index is -0.233. The first-order valence-corrected chi connectivity index (χ1v) is 9.17. The molecule has 1 aromatic carbocycles. The van der Waals surface area contributed by atoms with Crippen molar-refractivity contribution in [3.8, 4) is 0 Å². The van der Waals surface area contributed by atoms with Gasteiger partial charge in [0.25, 0.3) is 5.91 Å². The van der Waals surface area contributed by atoms with Gasteiger partial charge in [-0.25, -0.2) is 4.39 Å². The first-order valence-electron chi connectivity index (χ1n) is 9.17. The summed E-state index contributed by atoms with van der Waals surface area (Å²) in [6.07, 6.45) is 4.78. The number of benzene rings is 1. The molecule has 1 aliphatic carbocycles. The SMILES string of the molecule is CC(C)Cn1ncc(C(=O)N2CC[C@@H]2c2ccccc2F)c1C1CC1. The lowest BCUT2D eigenvalue weighted by atomic mass is 9.93. The molecule has 1 aliphatic heterocycles.